The fraction of sp³-hybridized carbons (Fsp3) is 0.650. The predicted molar refractivity (Wildman–Crippen MR) is 107 cm³/mol. The molecular weight excluding hydrogens is 392 g/mol. The largest absolute Gasteiger partial charge is 0.333 e. The average molecular weight is 421 g/mol. The Bertz CT molecular complexity index is 911. The van der Waals surface area contributed by atoms with Crippen molar-refractivity contribution in [2.24, 2.45) is 11.8 Å². The molecule has 0 aromatic carbocycles. The van der Waals surface area contributed by atoms with E-state index in [0.29, 0.717) is 31.1 Å². The van der Waals surface area contributed by atoms with E-state index in [9.17, 15) is 18.0 Å². The first-order valence-corrected chi connectivity index (χ1v) is 12.1. The summed E-state index contributed by atoms with van der Waals surface area (Å²) >= 11 is 0. The lowest BCUT2D eigenvalue weighted by atomic mass is 9.88. The molecule has 2 saturated heterocycles. The van der Waals surface area contributed by atoms with Gasteiger partial charge in [-0.25, -0.2) is 12.7 Å². The Kier molecular flexibility index (Phi) is 5.14. The van der Waals surface area contributed by atoms with Crippen LogP contribution in [0.3, 0.4) is 0 Å². The molecule has 3 aliphatic rings. The Morgan fingerprint density at radius 3 is 2.55 bits per heavy atom. The van der Waals surface area contributed by atoms with Crippen LogP contribution in [0.4, 0.5) is 0 Å². The highest BCUT2D eigenvalue weighted by atomic mass is 32.2. The van der Waals surface area contributed by atoms with Gasteiger partial charge in [-0.15, -0.1) is 0 Å². The number of sulfonamides is 1. The van der Waals surface area contributed by atoms with Gasteiger partial charge in [0.1, 0.15) is 0 Å². The first-order valence-electron chi connectivity index (χ1n) is 10.2. The van der Waals surface area contributed by atoms with Crippen molar-refractivity contribution in [2.45, 2.75) is 57.8 Å². The third-order valence-corrected chi connectivity index (χ3v) is 7.31. The molecule has 4 rings (SSSR count). The summed E-state index contributed by atoms with van der Waals surface area (Å²) in [5.41, 5.74) is 1.35. The van der Waals surface area contributed by atoms with Crippen LogP contribution in [0.5, 0.6) is 0 Å². The van der Waals surface area contributed by atoms with E-state index in [0.717, 1.165) is 16.3 Å². The number of fused-ring (bicyclic) bond motifs is 1. The molecule has 1 aromatic rings. The number of pyridine rings is 1. The number of hydrogen-bond acceptors (Lipinski definition) is 6. The number of rotatable bonds is 6. The van der Waals surface area contributed by atoms with Gasteiger partial charge in [-0.3, -0.25) is 14.6 Å². The smallest absolute Gasteiger partial charge is 0.255 e. The molecule has 0 spiro atoms. The van der Waals surface area contributed by atoms with Crippen LogP contribution in [0.15, 0.2) is 18.3 Å². The maximum atomic E-state index is 13.2. The highest BCUT2D eigenvalue weighted by Gasteiger charge is 2.58. The minimum atomic E-state index is -3.67. The second-order valence-electron chi connectivity index (χ2n) is 8.71. The zero-order valence-electron chi connectivity index (χ0n) is 17.0. The van der Waals surface area contributed by atoms with Crippen LogP contribution in [-0.2, 0) is 21.4 Å². The summed E-state index contributed by atoms with van der Waals surface area (Å²) in [7, 11) is -3.67. The minimum absolute atomic E-state index is 0.0656. The fourth-order valence-electron chi connectivity index (χ4n) is 4.63. The van der Waals surface area contributed by atoms with E-state index in [4.69, 9.17) is 0 Å². The number of amides is 2. The quantitative estimate of drug-likeness (QED) is 0.737. The molecule has 158 valence electrons. The van der Waals surface area contributed by atoms with E-state index in [-0.39, 0.29) is 11.8 Å². The molecule has 8 nitrogen and oxygen atoms in total. The monoisotopic (exact) mass is 420 g/mol. The van der Waals surface area contributed by atoms with Gasteiger partial charge in [0, 0.05) is 25.3 Å². The highest BCUT2D eigenvalue weighted by molar-refractivity contribution is 7.88. The van der Waals surface area contributed by atoms with Crippen molar-refractivity contribution in [1.82, 2.24) is 19.5 Å². The molecule has 1 saturated carbocycles. The van der Waals surface area contributed by atoms with Gasteiger partial charge in [-0.05, 0) is 37.3 Å². The van der Waals surface area contributed by atoms with Crippen LogP contribution in [0.2, 0.25) is 0 Å². The van der Waals surface area contributed by atoms with Gasteiger partial charge >= 0.3 is 0 Å². The van der Waals surface area contributed by atoms with Gasteiger partial charge in [-0.2, -0.15) is 0 Å². The van der Waals surface area contributed by atoms with E-state index in [1.165, 1.54) is 12.8 Å². The van der Waals surface area contributed by atoms with Crippen LogP contribution < -0.4 is 5.32 Å². The number of likely N-dealkylation sites (tertiary alicyclic amines) is 1. The van der Waals surface area contributed by atoms with Crippen molar-refractivity contribution in [3.05, 3.63) is 29.6 Å². The molecule has 0 unspecified atom stereocenters. The summed E-state index contributed by atoms with van der Waals surface area (Å²) in [6, 6.07) is 3.29. The second-order valence-corrected chi connectivity index (χ2v) is 10.6. The van der Waals surface area contributed by atoms with Crippen LogP contribution in [0.1, 0.15) is 49.2 Å². The predicted octanol–water partition coefficient (Wildman–Crippen LogP) is 0.991. The Hall–Kier alpha value is -2.00. The van der Waals surface area contributed by atoms with E-state index < -0.39 is 33.9 Å². The Morgan fingerprint density at radius 2 is 2.00 bits per heavy atom. The maximum Gasteiger partial charge on any atom is 0.255 e. The number of nitrogens with zero attached hydrogens (tertiary/aromatic N) is 3. The number of carbonyl (C=O) groups is 2. The lowest BCUT2D eigenvalue weighted by Crippen LogP contribution is -2.44. The number of carbonyl (C=O) groups excluding carboxylic acids is 2. The molecule has 0 radical (unpaired) electrons. The van der Waals surface area contributed by atoms with Crippen LogP contribution in [0, 0.1) is 11.8 Å². The Morgan fingerprint density at radius 1 is 1.28 bits per heavy atom. The summed E-state index contributed by atoms with van der Waals surface area (Å²) < 4.78 is 25.5. The van der Waals surface area contributed by atoms with Crippen molar-refractivity contribution in [3.8, 4) is 0 Å². The van der Waals surface area contributed by atoms with Crippen molar-refractivity contribution in [2.75, 3.05) is 12.8 Å². The molecule has 3 fully saturated rings. The van der Waals surface area contributed by atoms with Crippen LogP contribution in [-0.4, -0.2) is 65.3 Å². The van der Waals surface area contributed by atoms with Gasteiger partial charge in [-0.1, -0.05) is 13.8 Å². The summed E-state index contributed by atoms with van der Waals surface area (Å²) in [5.74, 6) is -1.17. The summed E-state index contributed by atoms with van der Waals surface area (Å²) in [5, 5.41) is 3.39. The van der Waals surface area contributed by atoms with E-state index in [1.807, 2.05) is 19.9 Å². The first kappa shape index (κ1) is 20.3. The third kappa shape index (κ3) is 3.77. The zero-order chi connectivity index (χ0) is 20.9. The maximum absolute atomic E-state index is 13.2. The van der Waals surface area contributed by atoms with E-state index in [2.05, 4.69) is 10.3 Å². The van der Waals surface area contributed by atoms with Gasteiger partial charge in [0.05, 0.1) is 35.5 Å². The molecule has 29 heavy (non-hydrogen) atoms. The molecule has 3 atom stereocenters. The fourth-order valence-corrected chi connectivity index (χ4v) is 5.80. The van der Waals surface area contributed by atoms with E-state index in [1.54, 1.807) is 17.2 Å². The summed E-state index contributed by atoms with van der Waals surface area (Å²) in [6.45, 7) is 4.91. The third-order valence-electron chi connectivity index (χ3n) is 6.15. The highest BCUT2D eigenvalue weighted by Crippen LogP contribution is 2.41. The molecule has 1 aromatic heterocycles. The van der Waals surface area contributed by atoms with Crippen molar-refractivity contribution in [1.29, 1.82) is 0 Å². The average Bonchev–Trinajstić information content (AvgIpc) is 3.31. The second kappa shape index (κ2) is 7.36. The van der Waals surface area contributed by atoms with Crippen LogP contribution >= 0.6 is 0 Å². The van der Waals surface area contributed by atoms with Crippen molar-refractivity contribution >= 4 is 21.8 Å². The first-order chi connectivity index (χ1) is 13.7. The molecule has 9 heteroatoms. The van der Waals surface area contributed by atoms with Gasteiger partial charge in [0.2, 0.25) is 15.9 Å². The van der Waals surface area contributed by atoms with E-state index >= 15 is 0 Å². The van der Waals surface area contributed by atoms with Gasteiger partial charge < -0.3 is 10.2 Å². The van der Waals surface area contributed by atoms with Gasteiger partial charge in [0.25, 0.3) is 5.91 Å². The lowest BCUT2D eigenvalue weighted by Gasteiger charge is -2.29. The molecule has 1 aliphatic carbocycles. The number of nitrogens with one attached hydrogen (secondary N) is 1. The molecular formula is C20H28N4O4S. The zero-order valence-corrected chi connectivity index (χ0v) is 17.9. The molecule has 0 bridgehead atoms. The molecule has 2 amide bonds. The normalized spacial score (nSPS) is 27.0. The lowest BCUT2D eigenvalue weighted by molar-refractivity contribution is -0.129. The SMILES string of the molecule is CC(C)[C@H]1C(=O)N(S(C)(=O)=O)[C@H]2CCN(C(=O)c3ccc(CNC4CC4)nc3)[C@H]12. The Balaban J connectivity index is 1.55. The van der Waals surface area contributed by atoms with Gasteiger partial charge in [0.15, 0.2) is 0 Å². The molecule has 2 aliphatic heterocycles. The summed E-state index contributed by atoms with van der Waals surface area (Å²) in [6.07, 6.45) is 5.51. The van der Waals surface area contributed by atoms with Crippen molar-refractivity contribution < 1.29 is 18.0 Å². The molecule has 1 N–H and O–H groups in total. The summed E-state index contributed by atoms with van der Waals surface area (Å²) in [4.78, 5) is 32.2. The standard InChI is InChI=1S/C20H28N4O4S/c1-12(2)17-18-16(24(20(17)26)29(3,27)28)8-9-23(18)19(25)13-4-5-15(21-10-13)11-22-14-6-7-14/h4-5,10,12,14,16-18,22H,6-9,11H2,1-3H3/t16-,17+,18-/m0/s1. The van der Waals surface area contributed by atoms with Crippen molar-refractivity contribution in [3.63, 3.8) is 0 Å². The van der Waals surface area contributed by atoms with Crippen LogP contribution in [0.25, 0.3) is 0 Å². The molecule has 3 heterocycles. The Labute approximate surface area is 171 Å². The number of hydrogen-bond donors (Lipinski definition) is 1. The minimum Gasteiger partial charge on any atom is -0.333 e. The topological polar surface area (TPSA) is 99.7 Å². The number of aromatic nitrogens is 1.